The first-order valence-corrected chi connectivity index (χ1v) is 8.26. The van der Waals surface area contributed by atoms with Crippen molar-refractivity contribution in [2.24, 2.45) is 0 Å². The molecule has 0 spiro atoms. The standard InChI is InChI=1S/C19H26O5/c1-18(2,12-14-8-6-5-7-9-14)24-17(21)11-15-10-16(13-20)23-19(3,4)22-15/h5-9,13,15-16H,10-12H2,1-4H3/t15-,16+/m1/s1. The number of rotatable bonds is 6. The lowest BCUT2D eigenvalue weighted by Crippen LogP contribution is -2.46. The molecular weight excluding hydrogens is 308 g/mol. The van der Waals surface area contributed by atoms with E-state index in [0.717, 1.165) is 11.8 Å². The molecule has 5 heteroatoms. The maximum atomic E-state index is 12.3. The normalized spacial score (nSPS) is 23.5. The molecule has 1 aliphatic rings. The molecule has 2 atom stereocenters. The van der Waals surface area contributed by atoms with Gasteiger partial charge in [0.25, 0.3) is 0 Å². The molecule has 5 nitrogen and oxygen atoms in total. The minimum absolute atomic E-state index is 0.106. The molecule has 2 rings (SSSR count). The molecule has 1 heterocycles. The molecule has 1 aromatic rings. The van der Waals surface area contributed by atoms with Crippen LogP contribution in [0.3, 0.4) is 0 Å². The highest BCUT2D eigenvalue weighted by Gasteiger charge is 2.37. The van der Waals surface area contributed by atoms with Crippen LogP contribution < -0.4 is 0 Å². The van der Waals surface area contributed by atoms with Crippen molar-refractivity contribution in [1.29, 1.82) is 0 Å². The van der Waals surface area contributed by atoms with Crippen LogP contribution >= 0.6 is 0 Å². The molecule has 1 aliphatic heterocycles. The fourth-order valence-electron chi connectivity index (χ4n) is 3.02. The zero-order valence-corrected chi connectivity index (χ0v) is 14.8. The molecular formula is C19H26O5. The summed E-state index contributed by atoms with van der Waals surface area (Å²) in [4.78, 5) is 23.3. The molecule has 0 N–H and O–H groups in total. The number of carbonyl (C=O) groups excluding carboxylic acids is 2. The number of aldehydes is 1. The molecule has 0 radical (unpaired) electrons. The summed E-state index contributed by atoms with van der Waals surface area (Å²) in [6.07, 6.45) is 0.919. The third-order valence-electron chi connectivity index (χ3n) is 3.79. The predicted octanol–water partition coefficient (Wildman–Crippen LogP) is 3.05. The van der Waals surface area contributed by atoms with E-state index in [4.69, 9.17) is 14.2 Å². The molecule has 0 aliphatic carbocycles. The third-order valence-corrected chi connectivity index (χ3v) is 3.79. The highest BCUT2D eigenvalue weighted by atomic mass is 16.7. The lowest BCUT2D eigenvalue weighted by Gasteiger charge is -2.39. The van der Waals surface area contributed by atoms with Crippen molar-refractivity contribution in [2.75, 3.05) is 0 Å². The van der Waals surface area contributed by atoms with Crippen LogP contribution in [0.1, 0.15) is 46.1 Å². The first-order chi connectivity index (χ1) is 11.2. The van der Waals surface area contributed by atoms with Gasteiger partial charge in [0.15, 0.2) is 5.79 Å². The van der Waals surface area contributed by atoms with Gasteiger partial charge in [0, 0.05) is 12.8 Å². The van der Waals surface area contributed by atoms with Crippen LogP contribution in [0.15, 0.2) is 30.3 Å². The summed E-state index contributed by atoms with van der Waals surface area (Å²) in [5, 5.41) is 0. The van der Waals surface area contributed by atoms with Crippen molar-refractivity contribution in [2.45, 2.75) is 70.6 Å². The summed E-state index contributed by atoms with van der Waals surface area (Å²) in [6, 6.07) is 9.90. The van der Waals surface area contributed by atoms with Crippen LogP contribution in [-0.2, 0) is 30.2 Å². The number of hydrogen-bond acceptors (Lipinski definition) is 5. The maximum Gasteiger partial charge on any atom is 0.308 e. The van der Waals surface area contributed by atoms with Gasteiger partial charge in [-0.2, -0.15) is 0 Å². The summed E-state index contributed by atoms with van der Waals surface area (Å²) in [5.74, 6) is -1.21. The van der Waals surface area contributed by atoms with Crippen molar-refractivity contribution < 1.29 is 23.8 Å². The van der Waals surface area contributed by atoms with Crippen molar-refractivity contribution in [3.05, 3.63) is 35.9 Å². The first kappa shape index (κ1) is 18.6. The Hall–Kier alpha value is -1.72. The Balaban J connectivity index is 1.90. The molecule has 1 fully saturated rings. The minimum atomic E-state index is -0.881. The Labute approximate surface area is 143 Å². The van der Waals surface area contributed by atoms with Crippen molar-refractivity contribution in [3.8, 4) is 0 Å². The van der Waals surface area contributed by atoms with Crippen molar-refractivity contribution in [3.63, 3.8) is 0 Å². The number of ether oxygens (including phenoxy) is 3. The quantitative estimate of drug-likeness (QED) is 0.591. The summed E-state index contributed by atoms with van der Waals surface area (Å²) in [7, 11) is 0. The number of carbonyl (C=O) groups is 2. The van der Waals surface area contributed by atoms with Gasteiger partial charge < -0.3 is 19.0 Å². The van der Waals surface area contributed by atoms with E-state index in [2.05, 4.69) is 0 Å². The average Bonchev–Trinajstić information content (AvgIpc) is 2.45. The second kappa shape index (κ2) is 7.45. The first-order valence-electron chi connectivity index (χ1n) is 8.26. The Morgan fingerprint density at radius 2 is 1.96 bits per heavy atom. The Kier molecular flexibility index (Phi) is 5.78. The topological polar surface area (TPSA) is 61.8 Å². The van der Waals surface area contributed by atoms with Crippen LogP contribution in [0, 0.1) is 0 Å². The Morgan fingerprint density at radius 3 is 2.58 bits per heavy atom. The second-order valence-corrected chi connectivity index (χ2v) is 7.27. The molecule has 0 unspecified atom stereocenters. The highest BCUT2D eigenvalue weighted by Crippen LogP contribution is 2.28. The third kappa shape index (κ3) is 5.73. The maximum absolute atomic E-state index is 12.3. The Morgan fingerprint density at radius 1 is 1.29 bits per heavy atom. The van der Waals surface area contributed by atoms with Crippen LogP contribution in [-0.4, -0.2) is 35.9 Å². The molecule has 0 amide bonds. The molecule has 0 bridgehead atoms. The predicted molar refractivity (Wildman–Crippen MR) is 89.4 cm³/mol. The van der Waals surface area contributed by atoms with Gasteiger partial charge in [-0.1, -0.05) is 30.3 Å². The monoisotopic (exact) mass is 334 g/mol. The van der Waals surface area contributed by atoms with Crippen molar-refractivity contribution >= 4 is 12.3 Å². The van der Waals surface area contributed by atoms with Gasteiger partial charge in [-0.05, 0) is 33.3 Å². The summed E-state index contributed by atoms with van der Waals surface area (Å²) < 4.78 is 16.8. The lowest BCUT2D eigenvalue weighted by molar-refractivity contribution is -0.291. The molecule has 1 aromatic carbocycles. The number of esters is 1. The summed E-state index contributed by atoms with van der Waals surface area (Å²) >= 11 is 0. The SMILES string of the molecule is CC(C)(Cc1ccccc1)OC(=O)C[C@H]1C[C@@H](C=O)OC(C)(C)O1. The van der Waals surface area contributed by atoms with E-state index in [9.17, 15) is 9.59 Å². The van der Waals surface area contributed by atoms with E-state index in [0.29, 0.717) is 12.8 Å². The van der Waals surface area contributed by atoms with Gasteiger partial charge in [-0.15, -0.1) is 0 Å². The summed E-state index contributed by atoms with van der Waals surface area (Å²) in [5.41, 5.74) is 0.503. The number of hydrogen-bond donors (Lipinski definition) is 0. The van der Waals surface area contributed by atoms with E-state index >= 15 is 0 Å². The zero-order chi connectivity index (χ0) is 17.8. The van der Waals surface area contributed by atoms with Gasteiger partial charge >= 0.3 is 5.97 Å². The molecule has 0 aromatic heterocycles. The van der Waals surface area contributed by atoms with Gasteiger partial charge in [-0.3, -0.25) is 4.79 Å². The minimum Gasteiger partial charge on any atom is -0.459 e. The largest absolute Gasteiger partial charge is 0.459 e. The van der Waals surface area contributed by atoms with Crippen LogP contribution in [0.4, 0.5) is 0 Å². The van der Waals surface area contributed by atoms with Gasteiger partial charge in [0.2, 0.25) is 0 Å². The van der Waals surface area contributed by atoms with Crippen LogP contribution in [0.2, 0.25) is 0 Å². The van der Waals surface area contributed by atoms with Crippen LogP contribution in [0.25, 0.3) is 0 Å². The molecule has 132 valence electrons. The van der Waals surface area contributed by atoms with Gasteiger partial charge in [0.1, 0.15) is 18.0 Å². The zero-order valence-electron chi connectivity index (χ0n) is 14.8. The van der Waals surface area contributed by atoms with E-state index < -0.39 is 17.5 Å². The van der Waals surface area contributed by atoms with Crippen molar-refractivity contribution in [1.82, 2.24) is 0 Å². The van der Waals surface area contributed by atoms with Gasteiger partial charge in [-0.25, -0.2) is 0 Å². The second-order valence-electron chi connectivity index (χ2n) is 7.27. The fraction of sp³-hybridized carbons (Fsp3) is 0.579. The van der Waals surface area contributed by atoms with Crippen LogP contribution in [0.5, 0.6) is 0 Å². The molecule has 0 saturated carbocycles. The number of benzene rings is 1. The summed E-state index contributed by atoms with van der Waals surface area (Å²) in [6.45, 7) is 7.25. The lowest BCUT2D eigenvalue weighted by atomic mass is 9.98. The average molecular weight is 334 g/mol. The van der Waals surface area contributed by atoms with Gasteiger partial charge in [0.05, 0.1) is 12.5 Å². The van der Waals surface area contributed by atoms with E-state index in [1.54, 1.807) is 13.8 Å². The fourth-order valence-corrected chi connectivity index (χ4v) is 3.02. The van der Waals surface area contributed by atoms with E-state index in [1.807, 2.05) is 44.2 Å². The molecule has 24 heavy (non-hydrogen) atoms. The van der Waals surface area contributed by atoms with E-state index in [1.165, 1.54) is 0 Å². The highest BCUT2D eigenvalue weighted by molar-refractivity contribution is 5.70. The Bertz CT molecular complexity index is 564. The van der Waals surface area contributed by atoms with E-state index in [-0.39, 0.29) is 18.5 Å². The smallest absolute Gasteiger partial charge is 0.308 e. The molecule has 1 saturated heterocycles.